The number of hydrogen-bond donors (Lipinski definition) is 1. The van der Waals surface area contributed by atoms with Crippen LogP contribution in [0.3, 0.4) is 0 Å². The van der Waals surface area contributed by atoms with Crippen molar-refractivity contribution in [2.45, 2.75) is 141 Å². The number of allylic oxidation sites excluding steroid dienone is 1. The summed E-state index contributed by atoms with van der Waals surface area (Å²) in [6.07, 6.45) is 8.39. The Balaban J connectivity index is 1.16. The Morgan fingerprint density at radius 2 is 1.38 bits per heavy atom. The molecule has 6 rings (SSSR count). The summed E-state index contributed by atoms with van der Waals surface area (Å²) in [6.45, 7) is 20.2. The first kappa shape index (κ1) is 36.0. The van der Waals surface area contributed by atoms with Crippen LogP contribution in [0.25, 0.3) is 0 Å². The average Bonchev–Trinajstić information content (AvgIpc) is 3.30. The maximum absolute atomic E-state index is 11.6. The van der Waals surface area contributed by atoms with Crippen molar-refractivity contribution in [3.8, 4) is 0 Å². The van der Waals surface area contributed by atoms with E-state index in [-0.39, 0.29) is 41.1 Å². The van der Waals surface area contributed by atoms with Crippen LogP contribution in [0.2, 0.25) is 5.04 Å². The number of hydrogen-bond acceptors (Lipinski definition) is 6. The molecule has 7 heteroatoms. The van der Waals surface area contributed by atoms with Crippen LogP contribution < -0.4 is 10.4 Å². The number of aliphatic hydroxyl groups excluding tert-OH is 1. The molecule has 2 aliphatic heterocycles. The first-order valence-electron chi connectivity index (χ1n) is 18.4. The van der Waals surface area contributed by atoms with Crippen LogP contribution in [0.5, 0.6) is 0 Å². The standard InChI is InChI=1S/C41H60O6Si/c1-28-22-24-41-36(35(42)26-29(2)37(41)46-40(8,9)47-41)34(28)21-20-30-27-31(45-39(6,7)44-30)23-25-43-48(38(3,4)5,32-16-12-10-13-17-32)33-18-14-11-15-19-33/h10-19,22,24,28-31,34-37,42H,20-21,23,25-27H2,1-9H3/t28-,29+,30+,31-,34-,35-,36-,37+,41?/m0/s1. The molecule has 3 fully saturated rings. The molecule has 2 aromatic rings. The smallest absolute Gasteiger partial charge is 0.261 e. The van der Waals surface area contributed by atoms with Crippen molar-refractivity contribution in [1.82, 2.24) is 0 Å². The van der Waals surface area contributed by atoms with Gasteiger partial charge in [-0.05, 0) is 86.5 Å². The van der Waals surface area contributed by atoms with Crippen molar-refractivity contribution in [3.05, 3.63) is 72.8 Å². The summed E-state index contributed by atoms with van der Waals surface area (Å²) in [5, 5.41) is 14.1. The quantitative estimate of drug-likeness (QED) is 0.221. The fourth-order valence-electron chi connectivity index (χ4n) is 9.81. The van der Waals surface area contributed by atoms with Crippen LogP contribution in [0, 0.1) is 23.7 Å². The lowest BCUT2D eigenvalue weighted by Crippen LogP contribution is -2.66. The molecule has 2 heterocycles. The van der Waals surface area contributed by atoms with E-state index in [4.69, 9.17) is 23.4 Å². The summed E-state index contributed by atoms with van der Waals surface area (Å²) < 4.78 is 33.6. The molecule has 0 aromatic heterocycles. The minimum Gasteiger partial charge on any atom is -0.407 e. The van der Waals surface area contributed by atoms with E-state index in [9.17, 15) is 5.11 Å². The minimum atomic E-state index is -2.62. The highest BCUT2D eigenvalue weighted by molar-refractivity contribution is 6.99. The average molecular weight is 677 g/mol. The first-order chi connectivity index (χ1) is 22.6. The van der Waals surface area contributed by atoms with E-state index < -0.39 is 31.6 Å². The van der Waals surface area contributed by atoms with Crippen LogP contribution in [0.1, 0.15) is 94.4 Å². The minimum absolute atomic E-state index is 0.0102. The van der Waals surface area contributed by atoms with Crippen LogP contribution in [-0.2, 0) is 23.4 Å². The predicted octanol–water partition coefficient (Wildman–Crippen LogP) is 7.37. The van der Waals surface area contributed by atoms with Gasteiger partial charge in [0.15, 0.2) is 11.6 Å². The molecule has 2 aliphatic carbocycles. The van der Waals surface area contributed by atoms with E-state index >= 15 is 0 Å². The zero-order chi connectivity index (χ0) is 34.5. The third-order valence-electron chi connectivity index (χ3n) is 11.6. The Kier molecular flexibility index (Phi) is 10.0. The molecule has 2 aromatic carbocycles. The second-order valence-corrected chi connectivity index (χ2v) is 21.4. The Hall–Kier alpha value is -1.84. The molecule has 0 amide bonds. The molecule has 48 heavy (non-hydrogen) atoms. The second kappa shape index (κ2) is 13.4. The van der Waals surface area contributed by atoms with Gasteiger partial charge in [0.25, 0.3) is 8.32 Å². The molecule has 2 saturated heterocycles. The lowest BCUT2D eigenvalue weighted by atomic mass is 9.57. The van der Waals surface area contributed by atoms with Crippen molar-refractivity contribution in [3.63, 3.8) is 0 Å². The highest BCUT2D eigenvalue weighted by Crippen LogP contribution is 2.57. The van der Waals surface area contributed by atoms with E-state index in [0.717, 1.165) is 32.1 Å². The molecular weight excluding hydrogens is 617 g/mol. The Labute approximate surface area is 290 Å². The van der Waals surface area contributed by atoms with Gasteiger partial charge in [-0.15, -0.1) is 0 Å². The molecular formula is C41H60O6Si. The summed E-state index contributed by atoms with van der Waals surface area (Å²) in [5.41, 5.74) is -0.589. The van der Waals surface area contributed by atoms with Crippen molar-refractivity contribution in [2.24, 2.45) is 23.7 Å². The second-order valence-electron chi connectivity index (χ2n) is 17.1. The lowest BCUT2D eigenvalue weighted by Gasteiger charge is -2.53. The van der Waals surface area contributed by atoms with Gasteiger partial charge in [-0.2, -0.15) is 0 Å². The van der Waals surface area contributed by atoms with Gasteiger partial charge in [-0.3, -0.25) is 0 Å². The lowest BCUT2D eigenvalue weighted by molar-refractivity contribution is -0.302. The maximum atomic E-state index is 11.6. The molecule has 9 atom stereocenters. The van der Waals surface area contributed by atoms with Crippen molar-refractivity contribution in [1.29, 1.82) is 0 Å². The zero-order valence-corrected chi connectivity index (χ0v) is 31.8. The van der Waals surface area contributed by atoms with Gasteiger partial charge in [-0.1, -0.05) is 107 Å². The van der Waals surface area contributed by atoms with Gasteiger partial charge in [0.05, 0.1) is 24.4 Å². The number of benzene rings is 2. The molecule has 1 unspecified atom stereocenters. The molecule has 4 aliphatic rings. The van der Waals surface area contributed by atoms with Gasteiger partial charge < -0.3 is 28.5 Å². The number of aliphatic hydroxyl groups is 1. The van der Waals surface area contributed by atoms with Gasteiger partial charge in [0, 0.05) is 18.9 Å². The highest BCUT2D eigenvalue weighted by atomic mass is 28.4. The van der Waals surface area contributed by atoms with Crippen molar-refractivity contribution in [2.75, 3.05) is 6.61 Å². The van der Waals surface area contributed by atoms with Gasteiger partial charge in [0.2, 0.25) is 0 Å². The molecule has 1 spiro atoms. The van der Waals surface area contributed by atoms with E-state index in [0.29, 0.717) is 12.5 Å². The van der Waals surface area contributed by atoms with Gasteiger partial charge in [-0.25, -0.2) is 0 Å². The van der Waals surface area contributed by atoms with Crippen LogP contribution in [0.4, 0.5) is 0 Å². The summed E-state index contributed by atoms with van der Waals surface area (Å²) in [4.78, 5) is 0. The molecule has 6 nitrogen and oxygen atoms in total. The molecule has 264 valence electrons. The molecule has 0 radical (unpaired) electrons. The SMILES string of the molecule is C[C@@H]1C[C@H](O)[C@@H]2[C@@H](CC[C@@H]3C[C@H](CCO[Si](c4ccccc4)(c4ccccc4)C(C)(C)C)OC(C)(C)O3)[C@@H](C)C=CC23OC(C)(C)O[C@H]13. The highest BCUT2D eigenvalue weighted by Gasteiger charge is 2.65. The largest absolute Gasteiger partial charge is 0.407 e. The summed E-state index contributed by atoms with van der Waals surface area (Å²) >= 11 is 0. The van der Waals surface area contributed by atoms with E-state index in [1.165, 1.54) is 10.4 Å². The van der Waals surface area contributed by atoms with E-state index in [1.807, 2.05) is 27.7 Å². The van der Waals surface area contributed by atoms with Crippen LogP contribution in [0.15, 0.2) is 72.8 Å². The third kappa shape index (κ3) is 6.78. The Morgan fingerprint density at radius 3 is 1.96 bits per heavy atom. The van der Waals surface area contributed by atoms with Crippen molar-refractivity contribution >= 4 is 18.7 Å². The summed E-state index contributed by atoms with van der Waals surface area (Å²) in [5.74, 6) is -0.535. The molecule has 0 bridgehead atoms. The summed E-state index contributed by atoms with van der Waals surface area (Å²) in [6, 6.07) is 21.7. The van der Waals surface area contributed by atoms with Crippen LogP contribution >= 0.6 is 0 Å². The summed E-state index contributed by atoms with van der Waals surface area (Å²) in [7, 11) is -2.62. The number of ether oxygens (including phenoxy) is 4. The molecule has 1 N–H and O–H groups in total. The van der Waals surface area contributed by atoms with Crippen molar-refractivity contribution < 1.29 is 28.5 Å². The zero-order valence-electron chi connectivity index (χ0n) is 30.8. The predicted molar refractivity (Wildman–Crippen MR) is 194 cm³/mol. The molecule has 1 saturated carbocycles. The third-order valence-corrected chi connectivity index (χ3v) is 16.6. The van der Waals surface area contributed by atoms with Gasteiger partial charge in [0.1, 0.15) is 5.60 Å². The fraction of sp³-hybridized carbons (Fsp3) is 0.659. The Morgan fingerprint density at radius 1 is 0.792 bits per heavy atom. The first-order valence-corrected chi connectivity index (χ1v) is 20.3. The number of rotatable bonds is 9. The normalized spacial score (nSPS) is 36.0. The van der Waals surface area contributed by atoms with E-state index in [2.05, 4.69) is 107 Å². The van der Waals surface area contributed by atoms with Crippen LogP contribution in [-0.4, -0.2) is 61.6 Å². The monoisotopic (exact) mass is 676 g/mol. The maximum Gasteiger partial charge on any atom is 0.261 e. The Bertz CT molecular complexity index is 1360. The topological polar surface area (TPSA) is 66.4 Å². The van der Waals surface area contributed by atoms with Gasteiger partial charge >= 0.3 is 0 Å². The van der Waals surface area contributed by atoms with E-state index in [1.54, 1.807) is 0 Å². The fourth-order valence-corrected chi connectivity index (χ4v) is 14.4.